The van der Waals surface area contributed by atoms with Crippen molar-refractivity contribution in [1.29, 1.82) is 0 Å². The van der Waals surface area contributed by atoms with Gasteiger partial charge in [0.15, 0.2) is 5.09 Å². The van der Waals surface area contributed by atoms with Gasteiger partial charge in [0, 0.05) is 28.2 Å². The van der Waals surface area contributed by atoms with E-state index in [-0.39, 0.29) is 17.9 Å². The lowest BCUT2D eigenvalue weighted by molar-refractivity contribution is 0.0779. The van der Waals surface area contributed by atoms with Crippen LogP contribution in [0.5, 0.6) is 0 Å². The molecule has 0 aliphatic rings. The number of nitrogens with one attached hydrogen (secondary N) is 2. The third-order valence-electron chi connectivity index (χ3n) is 4.17. The second-order valence-electron chi connectivity index (χ2n) is 7.64. The smallest absolute Gasteiger partial charge is 0.329 e. The van der Waals surface area contributed by atoms with Crippen LogP contribution in [0.3, 0.4) is 0 Å². The zero-order valence-electron chi connectivity index (χ0n) is 16.5. The molecule has 27 heavy (non-hydrogen) atoms. The predicted octanol–water partition coefficient (Wildman–Crippen LogP) is 6.24. The summed E-state index contributed by atoms with van der Waals surface area (Å²) in [5.74, 6) is 0.423. The van der Waals surface area contributed by atoms with E-state index in [1.165, 1.54) is 6.26 Å². The molecule has 2 amide bonds. The molecule has 0 saturated heterocycles. The molecule has 0 fully saturated rings. The van der Waals surface area contributed by atoms with Gasteiger partial charge in [-0.25, -0.2) is 4.79 Å². The van der Waals surface area contributed by atoms with Gasteiger partial charge in [-0.2, -0.15) is 0 Å². The van der Waals surface area contributed by atoms with Crippen molar-refractivity contribution in [2.24, 2.45) is 0 Å². The van der Waals surface area contributed by atoms with Crippen molar-refractivity contribution in [3.63, 3.8) is 0 Å². The number of rotatable bonds is 6. The van der Waals surface area contributed by atoms with E-state index in [1.54, 1.807) is 19.9 Å². The van der Waals surface area contributed by atoms with E-state index < -0.39 is 5.60 Å². The number of halogens is 1. The van der Waals surface area contributed by atoms with Gasteiger partial charge in [-0.05, 0) is 55.0 Å². The SMILES string of the molecule is CC(C)c1cc(Cl)cc(C(C)C)c1NC(=O)NSc1cc(C(C)(C)O)co1. The van der Waals surface area contributed by atoms with E-state index in [2.05, 4.69) is 37.7 Å². The van der Waals surface area contributed by atoms with E-state index in [1.807, 2.05) is 12.1 Å². The molecule has 1 aromatic heterocycles. The number of anilines is 1. The lowest BCUT2D eigenvalue weighted by Crippen LogP contribution is -2.24. The molecular formula is C20H27ClN2O3S. The quantitative estimate of drug-likeness (QED) is 0.493. The number of amides is 2. The Bertz CT molecular complexity index is 781. The first-order chi connectivity index (χ1) is 12.5. The highest BCUT2D eigenvalue weighted by Crippen LogP contribution is 2.35. The Kier molecular flexibility index (Phi) is 6.89. The highest BCUT2D eigenvalue weighted by Gasteiger charge is 2.20. The molecule has 0 aliphatic heterocycles. The summed E-state index contributed by atoms with van der Waals surface area (Å²) in [6, 6.07) is 5.13. The molecule has 5 nitrogen and oxygen atoms in total. The van der Waals surface area contributed by atoms with Gasteiger partial charge in [0.05, 0.1) is 11.9 Å². The monoisotopic (exact) mass is 410 g/mol. The summed E-state index contributed by atoms with van der Waals surface area (Å²) in [7, 11) is 0. The summed E-state index contributed by atoms with van der Waals surface area (Å²) >= 11 is 7.31. The highest BCUT2D eigenvalue weighted by atomic mass is 35.5. The van der Waals surface area contributed by atoms with Gasteiger partial charge in [0.25, 0.3) is 0 Å². The molecule has 0 bridgehead atoms. The molecule has 0 atom stereocenters. The van der Waals surface area contributed by atoms with Gasteiger partial charge in [0.1, 0.15) is 0 Å². The molecule has 7 heteroatoms. The summed E-state index contributed by atoms with van der Waals surface area (Å²) in [6.07, 6.45) is 1.48. The average Bonchev–Trinajstić information content (AvgIpc) is 3.03. The van der Waals surface area contributed by atoms with Crippen LogP contribution < -0.4 is 10.0 Å². The summed E-state index contributed by atoms with van der Waals surface area (Å²) in [6.45, 7) is 11.6. The Balaban J connectivity index is 2.14. The zero-order chi connectivity index (χ0) is 20.4. The molecule has 0 unspecified atom stereocenters. The average molecular weight is 411 g/mol. The van der Waals surface area contributed by atoms with Crippen LogP contribution in [0.15, 0.2) is 34.0 Å². The van der Waals surface area contributed by atoms with Crippen LogP contribution in [0.2, 0.25) is 5.02 Å². The van der Waals surface area contributed by atoms with Crippen molar-refractivity contribution in [2.75, 3.05) is 5.32 Å². The summed E-state index contributed by atoms with van der Waals surface area (Å²) in [4.78, 5) is 12.5. The minimum atomic E-state index is -0.994. The van der Waals surface area contributed by atoms with Crippen LogP contribution in [-0.2, 0) is 5.60 Å². The molecular weight excluding hydrogens is 384 g/mol. The number of furan rings is 1. The molecule has 0 aliphatic carbocycles. The van der Waals surface area contributed by atoms with E-state index in [0.717, 1.165) is 28.8 Å². The van der Waals surface area contributed by atoms with E-state index in [4.69, 9.17) is 16.0 Å². The lowest BCUT2D eigenvalue weighted by Gasteiger charge is -2.21. The van der Waals surface area contributed by atoms with Crippen molar-refractivity contribution >= 4 is 35.3 Å². The second-order valence-corrected chi connectivity index (χ2v) is 8.89. The number of carbonyl (C=O) groups excluding carboxylic acids is 1. The number of hydrogen-bond acceptors (Lipinski definition) is 4. The Hall–Kier alpha value is -1.63. The highest BCUT2D eigenvalue weighted by molar-refractivity contribution is 7.97. The number of aliphatic hydroxyl groups is 1. The Morgan fingerprint density at radius 3 is 2.15 bits per heavy atom. The number of benzene rings is 1. The predicted molar refractivity (Wildman–Crippen MR) is 112 cm³/mol. The van der Waals surface area contributed by atoms with Crippen molar-refractivity contribution in [1.82, 2.24) is 4.72 Å². The fourth-order valence-corrected chi connectivity index (χ4v) is 3.39. The minimum Gasteiger partial charge on any atom is -0.456 e. The van der Waals surface area contributed by atoms with Crippen molar-refractivity contribution < 1.29 is 14.3 Å². The Labute approximate surface area is 170 Å². The first-order valence-electron chi connectivity index (χ1n) is 8.87. The second kappa shape index (κ2) is 8.59. The maximum absolute atomic E-state index is 12.5. The molecule has 2 aromatic rings. The largest absolute Gasteiger partial charge is 0.456 e. The molecule has 1 aromatic carbocycles. The minimum absolute atomic E-state index is 0.212. The van der Waals surface area contributed by atoms with Gasteiger partial charge >= 0.3 is 6.03 Å². The molecule has 148 valence electrons. The molecule has 0 spiro atoms. The molecule has 2 rings (SSSR count). The maximum atomic E-state index is 12.5. The van der Waals surface area contributed by atoms with Crippen molar-refractivity contribution in [3.05, 3.63) is 46.2 Å². The fourth-order valence-electron chi connectivity index (χ4n) is 2.63. The molecule has 0 saturated carbocycles. The van der Waals surface area contributed by atoms with Gasteiger partial charge in [0.2, 0.25) is 0 Å². The third-order valence-corrected chi connectivity index (χ3v) is 5.09. The topological polar surface area (TPSA) is 74.5 Å². The van der Waals surface area contributed by atoms with E-state index >= 15 is 0 Å². The standard InChI is InChI=1S/C20H27ClN2O3S/c1-11(2)15-8-14(21)9-16(12(3)4)18(15)22-19(24)23-27-17-7-13(10-26-17)20(5,6)25/h7-12,25H,1-6H3,(H2,22,23,24). The van der Waals surface area contributed by atoms with Crippen LogP contribution in [0, 0.1) is 0 Å². The van der Waals surface area contributed by atoms with Crippen LogP contribution in [0.25, 0.3) is 0 Å². The van der Waals surface area contributed by atoms with Crippen molar-refractivity contribution in [2.45, 2.75) is 64.1 Å². The summed E-state index contributed by atoms with van der Waals surface area (Å²) in [5.41, 5.74) is 2.43. The first-order valence-corrected chi connectivity index (χ1v) is 10.1. The fraction of sp³-hybridized carbons (Fsp3) is 0.450. The molecule has 1 heterocycles. The van der Waals surface area contributed by atoms with Gasteiger partial charge in [-0.1, -0.05) is 39.3 Å². The van der Waals surface area contributed by atoms with Gasteiger partial charge in [-0.3, -0.25) is 4.72 Å². The van der Waals surface area contributed by atoms with Gasteiger partial charge in [-0.15, -0.1) is 0 Å². The summed E-state index contributed by atoms with van der Waals surface area (Å²) < 4.78 is 8.09. The van der Waals surface area contributed by atoms with Crippen LogP contribution in [0.1, 0.15) is 70.1 Å². The van der Waals surface area contributed by atoms with Crippen LogP contribution >= 0.6 is 23.5 Å². The Morgan fingerprint density at radius 1 is 1.15 bits per heavy atom. The van der Waals surface area contributed by atoms with E-state index in [0.29, 0.717) is 15.7 Å². The van der Waals surface area contributed by atoms with E-state index in [9.17, 15) is 9.90 Å². The third kappa shape index (κ3) is 5.67. The normalized spacial score (nSPS) is 11.9. The van der Waals surface area contributed by atoms with Gasteiger partial charge < -0.3 is 14.8 Å². The zero-order valence-corrected chi connectivity index (χ0v) is 18.1. The maximum Gasteiger partial charge on any atom is 0.329 e. The first kappa shape index (κ1) is 21.7. The molecule has 3 N–H and O–H groups in total. The van der Waals surface area contributed by atoms with Crippen LogP contribution in [0.4, 0.5) is 10.5 Å². The number of hydrogen-bond donors (Lipinski definition) is 3. The lowest BCUT2D eigenvalue weighted by atomic mass is 9.92. The number of urea groups is 1. The number of carbonyl (C=O) groups is 1. The Morgan fingerprint density at radius 2 is 1.70 bits per heavy atom. The summed E-state index contributed by atoms with van der Waals surface area (Å²) in [5, 5.41) is 14.1. The van der Waals surface area contributed by atoms with Crippen LogP contribution in [-0.4, -0.2) is 11.1 Å². The molecule has 0 radical (unpaired) electrons. The van der Waals surface area contributed by atoms with Crippen molar-refractivity contribution in [3.8, 4) is 0 Å².